The number of hydrogen-bond acceptors (Lipinski definition) is 3. The molecule has 0 saturated heterocycles. The summed E-state index contributed by atoms with van der Waals surface area (Å²) in [6, 6.07) is 4.90. The molecule has 0 spiro atoms. The summed E-state index contributed by atoms with van der Waals surface area (Å²) >= 11 is 1.68. The predicted molar refractivity (Wildman–Crippen MR) is 99.1 cm³/mol. The highest BCUT2D eigenvalue weighted by Gasteiger charge is 2.05. The number of methoxy groups -OCH3 is 1. The van der Waals surface area contributed by atoms with Gasteiger partial charge in [-0.1, -0.05) is 6.07 Å². The molecule has 0 fully saturated rings. The van der Waals surface area contributed by atoms with Crippen LogP contribution in [0.15, 0.2) is 23.2 Å². The van der Waals surface area contributed by atoms with Gasteiger partial charge in [-0.2, -0.15) is 11.8 Å². The van der Waals surface area contributed by atoms with Gasteiger partial charge in [-0.3, -0.25) is 4.99 Å². The molecular formula is C14H23FIN3OS. The quantitative estimate of drug-likeness (QED) is 0.304. The maximum Gasteiger partial charge on any atom is 0.191 e. The summed E-state index contributed by atoms with van der Waals surface area (Å²) in [6.45, 7) is 1.93. The van der Waals surface area contributed by atoms with Gasteiger partial charge in [0.1, 0.15) is 5.82 Å². The summed E-state index contributed by atoms with van der Waals surface area (Å²) in [5.74, 6) is 1.31. The maximum atomic E-state index is 13.3. The number of nitrogens with one attached hydrogen (secondary N) is 2. The van der Waals surface area contributed by atoms with Gasteiger partial charge < -0.3 is 15.4 Å². The van der Waals surface area contributed by atoms with Crippen molar-refractivity contribution in [3.63, 3.8) is 0 Å². The second-order valence-electron chi connectivity index (χ2n) is 4.19. The Balaban J connectivity index is 0.00000400. The van der Waals surface area contributed by atoms with Gasteiger partial charge in [0, 0.05) is 33.0 Å². The van der Waals surface area contributed by atoms with E-state index < -0.39 is 0 Å². The minimum atomic E-state index is -0.194. The standard InChI is InChI=1S/C14H22FN3OS.HI/c1-16-14(17-6-7-19-2)18-9-11-4-5-13(15)8-12(11)10-20-3;/h4-5,8H,6-7,9-10H2,1-3H3,(H2,16,17,18);1H. The molecule has 21 heavy (non-hydrogen) atoms. The SMILES string of the molecule is CN=C(NCCOC)NCc1ccc(F)cc1CSC.I. The molecule has 0 bridgehead atoms. The molecular weight excluding hydrogens is 404 g/mol. The molecule has 0 aliphatic carbocycles. The molecule has 7 heteroatoms. The van der Waals surface area contributed by atoms with Gasteiger partial charge in [-0.05, 0) is 29.5 Å². The van der Waals surface area contributed by atoms with Crippen LogP contribution in [0, 0.1) is 5.82 Å². The van der Waals surface area contributed by atoms with Gasteiger partial charge in [-0.25, -0.2) is 4.39 Å². The van der Waals surface area contributed by atoms with E-state index in [1.165, 1.54) is 6.07 Å². The van der Waals surface area contributed by atoms with Crippen molar-refractivity contribution >= 4 is 41.7 Å². The molecule has 0 aliphatic rings. The van der Waals surface area contributed by atoms with E-state index in [0.717, 1.165) is 16.9 Å². The van der Waals surface area contributed by atoms with Crippen molar-refractivity contribution < 1.29 is 9.13 Å². The molecule has 0 radical (unpaired) electrons. The number of hydrogen-bond donors (Lipinski definition) is 2. The molecule has 0 saturated carbocycles. The number of guanidine groups is 1. The Kier molecular flexibility index (Phi) is 11.7. The van der Waals surface area contributed by atoms with Gasteiger partial charge in [0.15, 0.2) is 5.96 Å². The zero-order chi connectivity index (χ0) is 14.8. The van der Waals surface area contributed by atoms with Gasteiger partial charge in [-0.15, -0.1) is 24.0 Å². The summed E-state index contributed by atoms with van der Waals surface area (Å²) in [5, 5.41) is 6.35. The highest BCUT2D eigenvalue weighted by Crippen LogP contribution is 2.16. The molecule has 4 nitrogen and oxygen atoms in total. The fraction of sp³-hybridized carbons (Fsp3) is 0.500. The van der Waals surface area contributed by atoms with Crippen molar-refractivity contribution in [3.05, 3.63) is 35.1 Å². The van der Waals surface area contributed by atoms with Gasteiger partial charge in [0.2, 0.25) is 0 Å². The second-order valence-corrected chi connectivity index (χ2v) is 5.06. The third-order valence-corrected chi connectivity index (χ3v) is 3.34. The van der Waals surface area contributed by atoms with Crippen molar-refractivity contribution in [3.8, 4) is 0 Å². The van der Waals surface area contributed by atoms with Gasteiger partial charge in [0.25, 0.3) is 0 Å². The average Bonchev–Trinajstić information content (AvgIpc) is 2.44. The number of rotatable bonds is 7. The van der Waals surface area contributed by atoms with Crippen molar-refractivity contribution in [1.82, 2.24) is 10.6 Å². The number of thioether (sulfide) groups is 1. The summed E-state index contributed by atoms with van der Waals surface area (Å²) in [6.07, 6.45) is 2.01. The Labute approximate surface area is 147 Å². The molecule has 0 aromatic heterocycles. The van der Waals surface area contributed by atoms with E-state index in [1.807, 2.05) is 12.3 Å². The minimum absolute atomic E-state index is 0. The molecule has 1 aromatic rings. The van der Waals surface area contributed by atoms with Crippen LogP contribution in [0.25, 0.3) is 0 Å². The van der Waals surface area contributed by atoms with Crippen LogP contribution in [0.4, 0.5) is 4.39 Å². The van der Waals surface area contributed by atoms with E-state index in [2.05, 4.69) is 15.6 Å². The molecule has 1 rings (SSSR count). The van der Waals surface area contributed by atoms with E-state index in [0.29, 0.717) is 25.7 Å². The minimum Gasteiger partial charge on any atom is -0.383 e. The first-order valence-electron chi connectivity index (χ1n) is 6.41. The summed E-state index contributed by atoms with van der Waals surface area (Å²) in [5.41, 5.74) is 2.09. The lowest BCUT2D eigenvalue weighted by Gasteiger charge is -2.14. The van der Waals surface area contributed by atoms with Crippen LogP contribution in [-0.4, -0.2) is 39.5 Å². The van der Waals surface area contributed by atoms with Crippen molar-refractivity contribution in [2.45, 2.75) is 12.3 Å². The van der Waals surface area contributed by atoms with Crippen LogP contribution in [0.1, 0.15) is 11.1 Å². The largest absolute Gasteiger partial charge is 0.383 e. The predicted octanol–water partition coefficient (Wildman–Crippen LogP) is 2.62. The van der Waals surface area contributed by atoms with Crippen molar-refractivity contribution in [2.24, 2.45) is 4.99 Å². The Morgan fingerprint density at radius 1 is 1.33 bits per heavy atom. The summed E-state index contributed by atoms with van der Waals surface area (Å²) in [4.78, 5) is 4.13. The molecule has 1 aromatic carbocycles. The summed E-state index contributed by atoms with van der Waals surface area (Å²) in [7, 11) is 3.38. The molecule has 120 valence electrons. The third kappa shape index (κ3) is 7.87. The zero-order valence-corrected chi connectivity index (χ0v) is 15.8. The number of benzene rings is 1. The number of aliphatic imine (C=N–C) groups is 1. The maximum absolute atomic E-state index is 13.3. The van der Waals surface area contributed by atoms with Crippen LogP contribution in [-0.2, 0) is 17.0 Å². The zero-order valence-electron chi connectivity index (χ0n) is 12.6. The second kappa shape index (κ2) is 12.0. The highest BCUT2D eigenvalue weighted by molar-refractivity contribution is 14.0. The molecule has 0 aliphatic heterocycles. The van der Waals surface area contributed by atoms with Crippen LogP contribution in [0.3, 0.4) is 0 Å². The number of halogens is 2. The Morgan fingerprint density at radius 3 is 2.71 bits per heavy atom. The average molecular weight is 427 g/mol. The van der Waals surface area contributed by atoms with E-state index in [1.54, 1.807) is 32.0 Å². The van der Waals surface area contributed by atoms with Crippen LogP contribution >= 0.6 is 35.7 Å². The van der Waals surface area contributed by atoms with E-state index in [9.17, 15) is 4.39 Å². The van der Waals surface area contributed by atoms with E-state index in [-0.39, 0.29) is 29.8 Å². The molecule has 2 N–H and O–H groups in total. The third-order valence-electron chi connectivity index (χ3n) is 2.74. The first-order valence-corrected chi connectivity index (χ1v) is 7.80. The lowest BCUT2D eigenvalue weighted by atomic mass is 10.1. The normalized spacial score (nSPS) is 11.0. The number of nitrogens with zero attached hydrogens (tertiary/aromatic N) is 1. The first kappa shape index (κ1) is 20.5. The van der Waals surface area contributed by atoms with E-state index in [4.69, 9.17) is 4.74 Å². The number of ether oxygens (including phenoxy) is 1. The van der Waals surface area contributed by atoms with Gasteiger partial charge >= 0.3 is 0 Å². The highest BCUT2D eigenvalue weighted by atomic mass is 127. The van der Waals surface area contributed by atoms with Crippen LogP contribution in [0.2, 0.25) is 0 Å². The fourth-order valence-electron chi connectivity index (χ4n) is 1.73. The monoisotopic (exact) mass is 427 g/mol. The van der Waals surface area contributed by atoms with E-state index >= 15 is 0 Å². The van der Waals surface area contributed by atoms with Crippen molar-refractivity contribution in [1.29, 1.82) is 0 Å². The Morgan fingerprint density at radius 2 is 2.10 bits per heavy atom. The summed E-state index contributed by atoms with van der Waals surface area (Å²) < 4.78 is 18.2. The lowest BCUT2D eigenvalue weighted by molar-refractivity contribution is 0.203. The Bertz CT molecular complexity index is 446. The smallest absolute Gasteiger partial charge is 0.191 e. The fourth-order valence-corrected chi connectivity index (χ4v) is 2.31. The molecule has 0 atom stereocenters. The molecule has 0 unspecified atom stereocenters. The lowest BCUT2D eigenvalue weighted by Crippen LogP contribution is -2.38. The van der Waals surface area contributed by atoms with Crippen LogP contribution in [0.5, 0.6) is 0 Å². The first-order chi connectivity index (χ1) is 9.71. The Hall–Kier alpha value is -0.540. The topological polar surface area (TPSA) is 45.7 Å². The van der Waals surface area contributed by atoms with Crippen molar-refractivity contribution in [2.75, 3.05) is 33.6 Å². The molecule has 0 amide bonds. The molecule has 0 heterocycles. The van der Waals surface area contributed by atoms with Gasteiger partial charge in [0.05, 0.1) is 6.61 Å². The van der Waals surface area contributed by atoms with Crippen LogP contribution < -0.4 is 10.6 Å².